The highest BCUT2D eigenvalue weighted by Crippen LogP contribution is 2.36. The first-order valence-corrected chi connectivity index (χ1v) is 12.5. The second-order valence-corrected chi connectivity index (χ2v) is 10.4. The molecule has 4 rings (SSSR count). The van der Waals surface area contributed by atoms with Crippen molar-refractivity contribution in [2.75, 3.05) is 13.1 Å². The topological polar surface area (TPSA) is 66.5 Å². The Morgan fingerprint density at radius 3 is 2.26 bits per heavy atom. The number of nitrogens with zero attached hydrogens (tertiary/aromatic N) is 1. The molecule has 34 heavy (non-hydrogen) atoms. The van der Waals surface area contributed by atoms with E-state index < -0.39 is 32.6 Å². The summed E-state index contributed by atoms with van der Waals surface area (Å²) in [6.07, 6.45) is -4.30. The molecule has 1 fully saturated rings. The van der Waals surface area contributed by atoms with Gasteiger partial charge in [-0.2, -0.15) is 17.5 Å². The number of piperidine rings is 1. The lowest BCUT2D eigenvalue weighted by atomic mass is 9.96. The van der Waals surface area contributed by atoms with Gasteiger partial charge in [0, 0.05) is 19.0 Å². The van der Waals surface area contributed by atoms with Crippen LogP contribution in [-0.2, 0) is 21.0 Å². The average Bonchev–Trinajstić information content (AvgIpc) is 2.83. The van der Waals surface area contributed by atoms with Gasteiger partial charge in [-0.05, 0) is 54.3 Å². The van der Waals surface area contributed by atoms with Crippen LogP contribution in [0, 0.1) is 5.92 Å². The average molecular weight is 491 g/mol. The summed E-state index contributed by atoms with van der Waals surface area (Å²) in [4.78, 5) is 12.1. The number of carbonyl (C=O) groups is 1. The second kappa shape index (κ2) is 9.38. The number of benzene rings is 3. The zero-order chi connectivity index (χ0) is 24.5. The van der Waals surface area contributed by atoms with E-state index >= 15 is 0 Å². The van der Waals surface area contributed by atoms with Crippen LogP contribution in [0.1, 0.15) is 36.9 Å². The van der Waals surface area contributed by atoms with Crippen molar-refractivity contribution in [1.29, 1.82) is 0 Å². The van der Waals surface area contributed by atoms with E-state index in [4.69, 9.17) is 0 Å². The van der Waals surface area contributed by atoms with Crippen LogP contribution < -0.4 is 5.32 Å². The van der Waals surface area contributed by atoms with E-state index in [0.717, 1.165) is 38.8 Å². The Labute approximate surface area is 196 Å². The standard InChI is InChI=1S/C25H25F3N2O3S/c1-17(20-11-10-18-6-2-3-7-21(18)16-20)29-24(31)19-12-14-30(15-13-19)34(32,33)23-9-5-4-8-22(23)25(26,27)28/h2-11,16-17,19H,12-15H2,1H3,(H,29,31). The number of halogens is 3. The van der Waals surface area contributed by atoms with Crippen LogP contribution in [0.15, 0.2) is 71.6 Å². The van der Waals surface area contributed by atoms with Crippen molar-refractivity contribution in [3.05, 3.63) is 77.9 Å². The van der Waals surface area contributed by atoms with E-state index in [1.54, 1.807) is 0 Å². The second-order valence-electron chi connectivity index (χ2n) is 8.51. The van der Waals surface area contributed by atoms with Crippen molar-refractivity contribution in [3.8, 4) is 0 Å². The largest absolute Gasteiger partial charge is 0.417 e. The monoisotopic (exact) mass is 490 g/mol. The third-order valence-electron chi connectivity index (χ3n) is 6.27. The predicted molar refractivity (Wildman–Crippen MR) is 123 cm³/mol. The molecular formula is C25H25F3N2O3S. The molecule has 1 aliphatic heterocycles. The van der Waals surface area contributed by atoms with Gasteiger partial charge in [0.05, 0.1) is 16.5 Å². The normalized spacial score (nSPS) is 16.9. The number of rotatable bonds is 5. The highest BCUT2D eigenvalue weighted by molar-refractivity contribution is 7.89. The third-order valence-corrected chi connectivity index (χ3v) is 8.22. The first-order valence-electron chi connectivity index (χ1n) is 11.0. The maximum absolute atomic E-state index is 13.3. The van der Waals surface area contributed by atoms with Gasteiger partial charge in [-0.25, -0.2) is 8.42 Å². The Kier molecular flexibility index (Phi) is 6.69. The Balaban J connectivity index is 1.41. The van der Waals surface area contributed by atoms with E-state index in [-0.39, 0.29) is 37.9 Å². The summed E-state index contributed by atoms with van der Waals surface area (Å²) < 4.78 is 66.9. The fourth-order valence-electron chi connectivity index (χ4n) is 4.31. The van der Waals surface area contributed by atoms with Crippen molar-refractivity contribution in [2.24, 2.45) is 5.92 Å². The molecule has 0 aliphatic carbocycles. The van der Waals surface area contributed by atoms with E-state index in [9.17, 15) is 26.4 Å². The number of amides is 1. The van der Waals surface area contributed by atoms with Crippen LogP contribution in [0.2, 0.25) is 0 Å². The summed E-state index contributed by atoms with van der Waals surface area (Å²) in [6, 6.07) is 17.8. The summed E-state index contributed by atoms with van der Waals surface area (Å²) >= 11 is 0. The molecule has 1 heterocycles. The highest BCUT2D eigenvalue weighted by atomic mass is 32.2. The fraction of sp³-hybridized carbons (Fsp3) is 0.320. The summed E-state index contributed by atoms with van der Waals surface area (Å²) in [6.45, 7) is 1.85. The zero-order valence-electron chi connectivity index (χ0n) is 18.5. The van der Waals surface area contributed by atoms with Gasteiger partial charge < -0.3 is 5.32 Å². The minimum Gasteiger partial charge on any atom is -0.349 e. The van der Waals surface area contributed by atoms with Crippen molar-refractivity contribution in [3.63, 3.8) is 0 Å². The number of alkyl halides is 3. The smallest absolute Gasteiger partial charge is 0.349 e. The lowest BCUT2D eigenvalue weighted by Gasteiger charge is -2.31. The maximum Gasteiger partial charge on any atom is 0.417 e. The third kappa shape index (κ3) is 4.95. The molecule has 0 bridgehead atoms. The van der Waals surface area contributed by atoms with Crippen LogP contribution in [-0.4, -0.2) is 31.7 Å². The molecule has 0 aromatic heterocycles. The lowest BCUT2D eigenvalue weighted by Crippen LogP contribution is -2.43. The molecule has 0 radical (unpaired) electrons. The molecule has 1 unspecified atom stereocenters. The number of fused-ring (bicyclic) bond motifs is 1. The minimum absolute atomic E-state index is 0.0169. The van der Waals surface area contributed by atoms with Crippen molar-refractivity contribution in [1.82, 2.24) is 9.62 Å². The van der Waals surface area contributed by atoms with Gasteiger partial charge in [0.2, 0.25) is 15.9 Å². The predicted octanol–water partition coefficient (Wildman–Crippen LogP) is 5.14. The summed E-state index contributed by atoms with van der Waals surface area (Å²) in [5.41, 5.74) is -0.227. The minimum atomic E-state index is -4.78. The van der Waals surface area contributed by atoms with Gasteiger partial charge in [0.1, 0.15) is 0 Å². The van der Waals surface area contributed by atoms with Crippen molar-refractivity contribution < 1.29 is 26.4 Å². The molecular weight excluding hydrogens is 465 g/mol. The van der Waals surface area contributed by atoms with Crippen LogP contribution in [0.4, 0.5) is 13.2 Å². The summed E-state index contributed by atoms with van der Waals surface area (Å²) in [5.74, 6) is -0.597. The fourth-order valence-corrected chi connectivity index (χ4v) is 6.00. The van der Waals surface area contributed by atoms with Crippen LogP contribution in [0.5, 0.6) is 0 Å². The molecule has 1 saturated heterocycles. The molecule has 1 aliphatic rings. The van der Waals surface area contributed by atoms with E-state index in [2.05, 4.69) is 5.32 Å². The number of sulfonamides is 1. The number of carbonyl (C=O) groups excluding carboxylic acids is 1. The molecule has 1 atom stereocenters. The van der Waals surface area contributed by atoms with Gasteiger partial charge >= 0.3 is 6.18 Å². The van der Waals surface area contributed by atoms with Crippen LogP contribution >= 0.6 is 0 Å². The Morgan fingerprint density at radius 2 is 1.59 bits per heavy atom. The molecule has 180 valence electrons. The highest BCUT2D eigenvalue weighted by Gasteiger charge is 2.40. The van der Waals surface area contributed by atoms with E-state index in [1.165, 1.54) is 6.07 Å². The SMILES string of the molecule is CC(NC(=O)C1CCN(S(=O)(=O)c2ccccc2C(F)(F)F)CC1)c1ccc2ccccc2c1. The first kappa shape index (κ1) is 24.2. The quantitative estimate of drug-likeness (QED) is 0.539. The molecule has 3 aromatic rings. The Bertz CT molecular complexity index is 1300. The van der Waals surface area contributed by atoms with Gasteiger partial charge in [-0.15, -0.1) is 0 Å². The molecule has 1 N–H and O–H groups in total. The van der Waals surface area contributed by atoms with Gasteiger partial charge in [0.15, 0.2) is 0 Å². The van der Waals surface area contributed by atoms with Crippen molar-refractivity contribution in [2.45, 2.75) is 36.9 Å². The Hall–Kier alpha value is -2.91. The summed E-state index contributed by atoms with van der Waals surface area (Å²) in [5, 5.41) is 5.16. The van der Waals surface area contributed by atoms with Crippen LogP contribution in [0.3, 0.4) is 0 Å². The lowest BCUT2D eigenvalue weighted by molar-refractivity contribution is -0.139. The number of hydrogen-bond donors (Lipinski definition) is 1. The van der Waals surface area contributed by atoms with Gasteiger partial charge in [-0.3, -0.25) is 4.79 Å². The molecule has 3 aromatic carbocycles. The molecule has 9 heteroatoms. The van der Waals surface area contributed by atoms with Crippen LogP contribution in [0.25, 0.3) is 10.8 Å². The van der Waals surface area contributed by atoms with E-state index in [1.807, 2.05) is 49.4 Å². The van der Waals surface area contributed by atoms with Crippen molar-refractivity contribution >= 4 is 26.7 Å². The van der Waals surface area contributed by atoms with Gasteiger partial charge in [-0.1, -0.05) is 48.5 Å². The first-order chi connectivity index (χ1) is 16.1. The maximum atomic E-state index is 13.3. The zero-order valence-corrected chi connectivity index (χ0v) is 19.4. The number of nitrogens with one attached hydrogen (secondary N) is 1. The van der Waals surface area contributed by atoms with E-state index in [0.29, 0.717) is 0 Å². The summed E-state index contributed by atoms with van der Waals surface area (Å²) in [7, 11) is -4.33. The molecule has 0 spiro atoms. The Morgan fingerprint density at radius 1 is 0.971 bits per heavy atom. The molecule has 1 amide bonds. The molecule has 0 saturated carbocycles. The number of hydrogen-bond acceptors (Lipinski definition) is 3. The molecule has 5 nitrogen and oxygen atoms in total. The van der Waals surface area contributed by atoms with Gasteiger partial charge in [0.25, 0.3) is 0 Å².